The lowest BCUT2D eigenvalue weighted by molar-refractivity contribution is -0.127. The van der Waals surface area contributed by atoms with Crippen LogP contribution >= 0.6 is 11.8 Å². The van der Waals surface area contributed by atoms with Gasteiger partial charge in [0.2, 0.25) is 5.91 Å². The van der Waals surface area contributed by atoms with Crippen LogP contribution in [-0.4, -0.2) is 55.4 Å². The van der Waals surface area contributed by atoms with Crippen molar-refractivity contribution in [3.8, 4) is 35.3 Å². The maximum atomic E-state index is 12.8. The Balaban J connectivity index is 1.43. The average Bonchev–Trinajstić information content (AvgIpc) is 3.10. The first-order chi connectivity index (χ1) is 16.5. The van der Waals surface area contributed by atoms with Crippen LogP contribution in [0.3, 0.4) is 0 Å². The molecule has 2 aliphatic rings. The summed E-state index contributed by atoms with van der Waals surface area (Å²) in [5.41, 5.74) is 1.09. The highest BCUT2D eigenvalue weighted by Gasteiger charge is 2.36. The molecule has 0 spiro atoms. The number of imide groups is 1. The SMILES string of the molecule is C#CCOc1ccc(/C=C2\SC(=O)N(CC(=O)Nc3ccc4c(c3)OCCO4)C2=O)cc1OC. The van der Waals surface area contributed by atoms with Gasteiger partial charge in [0.1, 0.15) is 26.4 Å². The zero-order chi connectivity index (χ0) is 24.1. The van der Waals surface area contributed by atoms with E-state index in [4.69, 9.17) is 25.4 Å². The van der Waals surface area contributed by atoms with Gasteiger partial charge in [-0.05, 0) is 47.7 Å². The molecule has 34 heavy (non-hydrogen) atoms. The molecule has 2 aromatic carbocycles. The zero-order valence-electron chi connectivity index (χ0n) is 18.2. The van der Waals surface area contributed by atoms with Crippen LogP contribution < -0.4 is 24.3 Å². The predicted octanol–water partition coefficient (Wildman–Crippen LogP) is 3.15. The maximum Gasteiger partial charge on any atom is 0.294 e. The van der Waals surface area contributed by atoms with Gasteiger partial charge in [0, 0.05) is 11.8 Å². The van der Waals surface area contributed by atoms with Gasteiger partial charge in [-0.25, -0.2) is 0 Å². The molecule has 2 aromatic rings. The highest BCUT2D eigenvalue weighted by atomic mass is 32.2. The van der Waals surface area contributed by atoms with Crippen molar-refractivity contribution in [3.63, 3.8) is 0 Å². The van der Waals surface area contributed by atoms with Crippen molar-refractivity contribution in [2.45, 2.75) is 0 Å². The second-order valence-electron chi connectivity index (χ2n) is 7.08. The van der Waals surface area contributed by atoms with Crippen LogP contribution in [0.15, 0.2) is 41.3 Å². The van der Waals surface area contributed by atoms with E-state index in [1.54, 1.807) is 42.5 Å². The Morgan fingerprint density at radius 3 is 2.74 bits per heavy atom. The van der Waals surface area contributed by atoms with Crippen molar-refractivity contribution in [2.75, 3.05) is 38.8 Å². The third-order valence-corrected chi connectivity index (χ3v) is 5.71. The van der Waals surface area contributed by atoms with E-state index < -0.39 is 23.6 Å². The average molecular weight is 480 g/mol. The number of anilines is 1. The first kappa shape index (κ1) is 23.1. The molecule has 3 amide bonds. The van der Waals surface area contributed by atoms with Gasteiger partial charge in [-0.15, -0.1) is 6.42 Å². The first-order valence-electron chi connectivity index (χ1n) is 10.2. The van der Waals surface area contributed by atoms with Crippen LogP contribution in [0.5, 0.6) is 23.0 Å². The molecule has 9 nitrogen and oxygen atoms in total. The highest BCUT2D eigenvalue weighted by molar-refractivity contribution is 8.18. The third-order valence-electron chi connectivity index (χ3n) is 4.80. The molecule has 0 bridgehead atoms. The summed E-state index contributed by atoms with van der Waals surface area (Å²) in [6.45, 7) is 0.545. The van der Waals surface area contributed by atoms with Crippen LogP contribution in [-0.2, 0) is 9.59 Å². The minimum absolute atomic E-state index is 0.0862. The number of hydrogen-bond acceptors (Lipinski definition) is 8. The molecule has 0 radical (unpaired) electrons. The standard InChI is InChI=1S/C24H20N2O7S/c1-3-8-31-17-6-4-15(11-19(17)30-2)12-21-23(28)26(24(29)34-21)14-22(27)25-16-5-7-18-20(13-16)33-10-9-32-18/h1,4-7,11-13H,8-10,14H2,2H3,(H,25,27)/b21-12-. The number of benzene rings is 2. The fraction of sp³-hybridized carbons (Fsp3) is 0.208. The Morgan fingerprint density at radius 2 is 1.97 bits per heavy atom. The van der Waals surface area contributed by atoms with E-state index in [0.29, 0.717) is 47.5 Å². The van der Waals surface area contributed by atoms with Crippen molar-refractivity contribution in [1.82, 2.24) is 4.90 Å². The normalized spacial score (nSPS) is 15.8. The fourth-order valence-corrected chi connectivity index (χ4v) is 4.10. The van der Waals surface area contributed by atoms with Gasteiger partial charge in [0.25, 0.3) is 11.1 Å². The molecule has 2 aliphatic heterocycles. The van der Waals surface area contributed by atoms with E-state index in [2.05, 4.69) is 11.2 Å². The van der Waals surface area contributed by atoms with Crippen molar-refractivity contribution >= 4 is 40.6 Å². The number of methoxy groups -OCH3 is 1. The number of carbonyl (C=O) groups excluding carboxylic acids is 3. The molecule has 174 valence electrons. The minimum Gasteiger partial charge on any atom is -0.493 e. The van der Waals surface area contributed by atoms with E-state index in [1.807, 2.05) is 0 Å². The topological polar surface area (TPSA) is 103 Å². The number of carbonyl (C=O) groups is 3. The number of nitrogens with zero attached hydrogens (tertiary/aromatic N) is 1. The Morgan fingerprint density at radius 1 is 1.18 bits per heavy atom. The highest BCUT2D eigenvalue weighted by Crippen LogP contribution is 2.35. The summed E-state index contributed by atoms with van der Waals surface area (Å²) in [6.07, 6.45) is 6.76. The summed E-state index contributed by atoms with van der Waals surface area (Å²) >= 11 is 0.758. The maximum absolute atomic E-state index is 12.8. The van der Waals surface area contributed by atoms with Gasteiger partial charge in [0.15, 0.2) is 23.0 Å². The second kappa shape index (κ2) is 10.2. The lowest BCUT2D eigenvalue weighted by atomic mass is 10.2. The van der Waals surface area contributed by atoms with Gasteiger partial charge in [-0.1, -0.05) is 12.0 Å². The summed E-state index contributed by atoms with van der Waals surface area (Å²) in [5.74, 6) is 3.30. The fourth-order valence-electron chi connectivity index (χ4n) is 3.27. The molecule has 1 N–H and O–H groups in total. The molecule has 0 saturated carbocycles. The molecule has 1 saturated heterocycles. The lowest BCUT2D eigenvalue weighted by Crippen LogP contribution is -2.36. The number of fused-ring (bicyclic) bond motifs is 1. The molecule has 10 heteroatoms. The number of thioether (sulfide) groups is 1. The molecule has 1 fully saturated rings. The van der Waals surface area contributed by atoms with Gasteiger partial charge in [0.05, 0.1) is 12.0 Å². The molecule has 0 atom stereocenters. The molecule has 0 aliphatic carbocycles. The van der Waals surface area contributed by atoms with Crippen molar-refractivity contribution < 1.29 is 33.3 Å². The molecule has 2 heterocycles. The largest absolute Gasteiger partial charge is 0.493 e. The monoisotopic (exact) mass is 480 g/mol. The van der Waals surface area contributed by atoms with Crippen LogP contribution in [0.1, 0.15) is 5.56 Å². The van der Waals surface area contributed by atoms with Crippen molar-refractivity contribution in [3.05, 3.63) is 46.9 Å². The van der Waals surface area contributed by atoms with Crippen LogP contribution in [0.25, 0.3) is 6.08 Å². The van der Waals surface area contributed by atoms with Crippen LogP contribution in [0.4, 0.5) is 10.5 Å². The van der Waals surface area contributed by atoms with Gasteiger partial charge < -0.3 is 24.3 Å². The third kappa shape index (κ3) is 5.10. The first-order valence-corrected chi connectivity index (χ1v) is 11.0. The summed E-state index contributed by atoms with van der Waals surface area (Å²) in [7, 11) is 1.48. The van der Waals surface area contributed by atoms with E-state index in [0.717, 1.165) is 16.7 Å². The molecular formula is C24H20N2O7S. The van der Waals surface area contributed by atoms with Crippen LogP contribution in [0, 0.1) is 12.3 Å². The quantitative estimate of drug-likeness (QED) is 0.476. The summed E-state index contributed by atoms with van der Waals surface area (Å²) in [4.78, 5) is 38.8. The van der Waals surface area contributed by atoms with E-state index in [9.17, 15) is 14.4 Å². The number of rotatable bonds is 7. The number of terminal acetylenes is 1. The van der Waals surface area contributed by atoms with Crippen molar-refractivity contribution in [2.24, 2.45) is 0 Å². The Labute approximate surface area is 200 Å². The number of nitrogens with one attached hydrogen (secondary N) is 1. The molecular weight excluding hydrogens is 460 g/mol. The van der Waals surface area contributed by atoms with Gasteiger partial charge in [-0.2, -0.15) is 0 Å². The molecule has 4 rings (SSSR count). The Hall–Kier alpha value is -4.10. The number of hydrogen-bond donors (Lipinski definition) is 1. The summed E-state index contributed by atoms with van der Waals surface area (Å²) < 4.78 is 21.7. The minimum atomic E-state index is -0.557. The van der Waals surface area contributed by atoms with E-state index in [1.165, 1.54) is 7.11 Å². The van der Waals surface area contributed by atoms with Crippen molar-refractivity contribution in [1.29, 1.82) is 0 Å². The predicted molar refractivity (Wildman–Crippen MR) is 126 cm³/mol. The zero-order valence-corrected chi connectivity index (χ0v) is 19.0. The van der Waals surface area contributed by atoms with E-state index in [-0.39, 0.29) is 11.5 Å². The lowest BCUT2D eigenvalue weighted by Gasteiger charge is -2.19. The van der Waals surface area contributed by atoms with Gasteiger partial charge >= 0.3 is 0 Å². The number of amides is 3. The Bertz CT molecular complexity index is 1220. The summed E-state index contributed by atoms with van der Waals surface area (Å²) in [5, 5.41) is 2.14. The second-order valence-corrected chi connectivity index (χ2v) is 8.07. The smallest absolute Gasteiger partial charge is 0.294 e. The number of ether oxygens (including phenoxy) is 4. The Kier molecular flexibility index (Phi) is 6.94. The molecule has 0 aromatic heterocycles. The molecule has 0 unspecified atom stereocenters. The van der Waals surface area contributed by atoms with Crippen LogP contribution in [0.2, 0.25) is 0 Å². The van der Waals surface area contributed by atoms with Gasteiger partial charge in [-0.3, -0.25) is 19.3 Å². The van der Waals surface area contributed by atoms with E-state index >= 15 is 0 Å². The summed E-state index contributed by atoms with van der Waals surface area (Å²) in [6, 6.07) is 10.00.